The van der Waals surface area contributed by atoms with Crippen LogP contribution in [0.4, 0.5) is 0 Å². The molecule has 0 saturated heterocycles. The summed E-state index contributed by atoms with van der Waals surface area (Å²) in [5.41, 5.74) is 3.33. The number of hydrogen-bond acceptors (Lipinski definition) is 3. The van der Waals surface area contributed by atoms with E-state index in [1.807, 2.05) is 7.11 Å². The van der Waals surface area contributed by atoms with Crippen molar-refractivity contribution in [3.8, 4) is 0 Å². The lowest BCUT2D eigenvalue weighted by Gasteiger charge is -2.44. The highest BCUT2D eigenvalue weighted by Gasteiger charge is 2.41. The minimum Gasteiger partial charge on any atom is -0.377 e. The second-order valence-corrected chi connectivity index (χ2v) is 7.27. The first-order chi connectivity index (χ1) is 8.33. The Kier molecular flexibility index (Phi) is 5.63. The average molecular weight is 256 g/mol. The maximum Gasteiger partial charge on any atom is 0.0844 e. The third-order valence-electron chi connectivity index (χ3n) is 4.55. The summed E-state index contributed by atoms with van der Waals surface area (Å²) in [6, 6.07) is 0.272. The fraction of sp³-hybridized carbons (Fsp3) is 1.00. The average Bonchev–Trinajstić information content (AvgIpc) is 2.31. The third kappa shape index (κ3) is 4.22. The van der Waals surface area contributed by atoms with Crippen molar-refractivity contribution in [3.05, 3.63) is 0 Å². The van der Waals surface area contributed by atoms with Crippen LogP contribution < -0.4 is 11.3 Å². The van der Waals surface area contributed by atoms with Crippen molar-refractivity contribution < 1.29 is 4.74 Å². The van der Waals surface area contributed by atoms with E-state index < -0.39 is 0 Å². The lowest BCUT2D eigenvalue weighted by molar-refractivity contribution is -0.0782. The summed E-state index contributed by atoms with van der Waals surface area (Å²) in [6.45, 7) is 9.18. The van der Waals surface area contributed by atoms with Gasteiger partial charge in [-0.3, -0.25) is 11.3 Å². The Morgan fingerprint density at radius 1 is 1.33 bits per heavy atom. The third-order valence-corrected chi connectivity index (χ3v) is 4.55. The van der Waals surface area contributed by atoms with Gasteiger partial charge >= 0.3 is 0 Å². The van der Waals surface area contributed by atoms with Gasteiger partial charge in [0, 0.05) is 7.11 Å². The molecule has 0 radical (unpaired) electrons. The minimum atomic E-state index is -0.0491. The predicted molar refractivity (Wildman–Crippen MR) is 77.2 cm³/mol. The topological polar surface area (TPSA) is 47.3 Å². The Labute approximate surface area is 113 Å². The van der Waals surface area contributed by atoms with E-state index in [1.54, 1.807) is 0 Å². The Hall–Kier alpha value is -0.120. The van der Waals surface area contributed by atoms with E-state index in [0.717, 1.165) is 25.2 Å². The first kappa shape index (κ1) is 15.9. The highest BCUT2D eigenvalue weighted by atomic mass is 16.5. The van der Waals surface area contributed by atoms with Gasteiger partial charge in [-0.1, -0.05) is 27.7 Å². The molecule has 0 aromatic heterocycles. The fourth-order valence-electron chi connectivity index (χ4n) is 3.02. The van der Waals surface area contributed by atoms with Crippen molar-refractivity contribution in [3.63, 3.8) is 0 Å². The molecule has 0 heterocycles. The van der Waals surface area contributed by atoms with Crippen molar-refractivity contribution in [2.75, 3.05) is 7.11 Å². The van der Waals surface area contributed by atoms with Gasteiger partial charge in [-0.2, -0.15) is 0 Å². The number of ether oxygens (including phenoxy) is 1. The Bertz CT molecular complexity index is 239. The van der Waals surface area contributed by atoms with Gasteiger partial charge in [-0.15, -0.1) is 0 Å². The molecular formula is C15H32N2O. The maximum absolute atomic E-state index is 5.90. The van der Waals surface area contributed by atoms with Crippen LogP contribution in [0.5, 0.6) is 0 Å². The molecule has 1 atom stereocenters. The zero-order valence-corrected chi connectivity index (χ0v) is 12.9. The molecule has 1 fully saturated rings. The predicted octanol–water partition coefficient (Wildman–Crippen LogP) is 3.24. The Morgan fingerprint density at radius 2 is 1.89 bits per heavy atom. The largest absolute Gasteiger partial charge is 0.377 e. The molecule has 0 amide bonds. The van der Waals surface area contributed by atoms with Crippen LogP contribution in [0, 0.1) is 11.3 Å². The van der Waals surface area contributed by atoms with Crippen LogP contribution in [0.1, 0.15) is 66.2 Å². The van der Waals surface area contributed by atoms with Gasteiger partial charge in [0.15, 0.2) is 0 Å². The van der Waals surface area contributed by atoms with Gasteiger partial charge in [0.05, 0.1) is 11.6 Å². The zero-order valence-electron chi connectivity index (χ0n) is 12.9. The molecule has 3 N–H and O–H groups in total. The van der Waals surface area contributed by atoms with E-state index in [1.165, 1.54) is 19.3 Å². The smallest absolute Gasteiger partial charge is 0.0844 e. The standard InChI is InChI=1S/C15H32N2O/c1-12-6-10-15(18-5,11-7-12)13(17-16)8-9-14(2,3)4/h12-13,17H,6-11,16H2,1-5H3. The molecule has 1 unspecified atom stereocenters. The van der Waals surface area contributed by atoms with Gasteiger partial charge in [0.2, 0.25) is 0 Å². The molecule has 0 bridgehead atoms. The van der Waals surface area contributed by atoms with Gasteiger partial charge in [0.1, 0.15) is 0 Å². The zero-order chi connectivity index (χ0) is 13.8. The van der Waals surface area contributed by atoms with Crippen LogP contribution in [0.2, 0.25) is 0 Å². The second-order valence-electron chi connectivity index (χ2n) is 7.27. The van der Waals surface area contributed by atoms with Crippen LogP contribution >= 0.6 is 0 Å². The molecule has 18 heavy (non-hydrogen) atoms. The molecule has 0 aliphatic heterocycles. The molecule has 1 aliphatic rings. The van der Waals surface area contributed by atoms with E-state index in [-0.39, 0.29) is 11.6 Å². The summed E-state index contributed by atoms with van der Waals surface area (Å²) < 4.78 is 5.90. The summed E-state index contributed by atoms with van der Waals surface area (Å²) in [5, 5.41) is 0. The van der Waals surface area contributed by atoms with Crippen molar-refractivity contribution in [1.82, 2.24) is 5.43 Å². The first-order valence-electron chi connectivity index (χ1n) is 7.34. The molecular weight excluding hydrogens is 224 g/mol. The van der Waals surface area contributed by atoms with Gasteiger partial charge in [0.25, 0.3) is 0 Å². The Morgan fingerprint density at radius 3 is 2.28 bits per heavy atom. The molecule has 1 rings (SSSR count). The summed E-state index contributed by atoms with van der Waals surface area (Å²) in [6.07, 6.45) is 7.02. The molecule has 108 valence electrons. The number of hydrogen-bond donors (Lipinski definition) is 2. The molecule has 3 heteroatoms. The van der Waals surface area contributed by atoms with Crippen LogP contribution in [-0.2, 0) is 4.74 Å². The fourth-order valence-corrected chi connectivity index (χ4v) is 3.02. The van der Waals surface area contributed by atoms with E-state index in [9.17, 15) is 0 Å². The molecule has 1 aliphatic carbocycles. The van der Waals surface area contributed by atoms with E-state index in [0.29, 0.717) is 5.41 Å². The van der Waals surface area contributed by atoms with Crippen molar-refractivity contribution in [1.29, 1.82) is 0 Å². The molecule has 0 aromatic carbocycles. The lowest BCUT2D eigenvalue weighted by Crippen LogP contribution is -2.56. The van der Waals surface area contributed by atoms with Gasteiger partial charge < -0.3 is 4.74 Å². The van der Waals surface area contributed by atoms with Crippen molar-refractivity contribution >= 4 is 0 Å². The Balaban J connectivity index is 2.65. The van der Waals surface area contributed by atoms with Crippen LogP contribution in [0.15, 0.2) is 0 Å². The summed E-state index contributed by atoms with van der Waals surface area (Å²) in [5.74, 6) is 6.63. The number of nitrogens with two attached hydrogens (primary N) is 1. The maximum atomic E-state index is 5.90. The molecule has 0 aromatic rings. The first-order valence-corrected chi connectivity index (χ1v) is 7.34. The normalized spacial score (nSPS) is 31.3. The van der Waals surface area contributed by atoms with Crippen molar-refractivity contribution in [2.45, 2.75) is 77.9 Å². The number of methoxy groups -OCH3 is 1. The summed E-state index contributed by atoms with van der Waals surface area (Å²) in [4.78, 5) is 0. The number of nitrogens with one attached hydrogen (secondary N) is 1. The van der Waals surface area contributed by atoms with E-state index >= 15 is 0 Å². The summed E-state index contributed by atoms with van der Waals surface area (Å²) in [7, 11) is 1.84. The van der Waals surface area contributed by atoms with E-state index in [4.69, 9.17) is 10.6 Å². The quantitative estimate of drug-likeness (QED) is 0.586. The molecule has 0 spiro atoms. The molecule has 3 nitrogen and oxygen atoms in total. The highest BCUT2D eigenvalue weighted by Crippen LogP contribution is 2.38. The second kappa shape index (κ2) is 6.36. The monoisotopic (exact) mass is 256 g/mol. The van der Waals surface area contributed by atoms with Crippen LogP contribution in [0.25, 0.3) is 0 Å². The van der Waals surface area contributed by atoms with E-state index in [2.05, 4.69) is 33.1 Å². The SMILES string of the molecule is COC1(C(CCC(C)(C)C)NN)CCC(C)CC1. The van der Waals surface area contributed by atoms with Crippen LogP contribution in [0.3, 0.4) is 0 Å². The number of rotatable bonds is 5. The lowest BCUT2D eigenvalue weighted by atomic mass is 9.73. The van der Waals surface area contributed by atoms with Crippen LogP contribution in [-0.4, -0.2) is 18.8 Å². The van der Waals surface area contributed by atoms with Gasteiger partial charge in [-0.25, -0.2) is 0 Å². The summed E-state index contributed by atoms with van der Waals surface area (Å²) >= 11 is 0. The minimum absolute atomic E-state index is 0.0491. The van der Waals surface area contributed by atoms with Crippen molar-refractivity contribution in [2.24, 2.45) is 17.2 Å². The molecule has 1 saturated carbocycles. The number of hydrazine groups is 1. The highest BCUT2D eigenvalue weighted by molar-refractivity contribution is 4.96. The van der Waals surface area contributed by atoms with Gasteiger partial charge in [-0.05, 0) is 49.9 Å².